The van der Waals surface area contributed by atoms with E-state index in [1.165, 1.54) is 5.56 Å². The molecular formula is C40H36N6O3. The van der Waals surface area contributed by atoms with Crippen molar-refractivity contribution < 1.29 is 14.7 Å². The summed E-state index contributed by atoms with van der Waals surface area (Å²) in [6.07, 6.45) is 7.03. The van der Waals surface area contributed by atoms with Crippen molar-refractivity contribution in [2.45, 2.75) is 25.9 Å². The molecule has 4 aromatic carbocycles. The van der Waals surface area contributed by atoms with Gasteiger partial charge in [-0.1, -0.05) is 72.8 Å². The number of aromatic amines is 2. The fourth-order valence-electron chi connectivity index (χ4n) is 5.65. The molecular weight excluding hydrogens is 612 g/mol. The highest BCUT2D eigenvalue weighted by atomic mass is 16.4. The van der Waals surface area contributed by atoms with Crippen LogP contribution in [0.1, 0.15) is 57.8 Å². The van der Waals surface area contributed by atoms with Gasteiger partial charge < -0.3 is 26.1 Å². The highest BCUT2D eigenvalue weighted by Gasteiger charge is 2.13. The lowest BCUT2D eigenvalue weighted by atomic mass is 10.1. The number of aromatic carboxylic acids is 1. The second kappa shape index (κ2) is 14.6. The number of benzene rings is 4. The largest absolute Gasteiger partial charge is 0.478 e. The molecule has 0 saturated heterocycles. The normalized spacial score (nSPS) is 12.1. The van der Waals surface area contributed by atoms with Gasteiger partial charge in [0.2, 0.25) is 0 Å². The number of aromatic nitrogens is 4. The minimum atomic E-state index is -0.918. The van der Waals surface area contributed by atoms with Crippen LogP contribution >= 0.6 is 0 Å². The van der Waals surface area contributed by atoms with Crippen LogP contribution in [0.2, 0.25) is 0 Å². The molecule has 4 heterocycles. The van der Waals surface area contributed by atoms with Crippen molar-refractivity contribution in [1.82, 2.24) is 25.3 Å². The summed E-state index contributed by atoms with van der Waals surface area (Å²) in [5.41, 5.74) is 12.5. The van der Waals surface area contributed by atoms with Crippen molar-refractivity contribution in [3.8, 4) is 0 Å². The van der Waals surface area contributed by atoms with E-state index in [0.717, 1.165) is 49.2 Å². The third-order valence-electron chi connectivity index (χ3n) is 8.28. The average molecular weight is 649 g/mol. The van der Waals surface area contributed by atoms with Crippen molar-refractivity contribution >= 4 is 55.5 Å². The summed E-state index contributed by atoms with van der Waals surface area (Å²) in [5.74, 6) is -0.997. The molecule has 9 heteroatoms. The molecule has 49 heavy (non-hydrogen) atoms. The van der Waals surface area contributed by atoms with Gasteiger partial charge in [0.15, 0.2) is 0 Å². The van der Waals surface area contributed by atoms with Gasteiger partial charge in [-0.05, 0) is 61.4 Å². The summed E-state index contributed by atoms with van der Waals surface area (Å²) in [6, 6.07) is 34.8. The molecule has 1 amide bonds. The van der Waals surface area contributed by atoms with Gasteiger partial charge in [-0.2, -0.15) is 0 Å². The van der Waals surface area contributed by atoms with Gasteiger partial charge in [-0.15, -0.1) is 0 Å². The smallest absolute Gasteiger partial charge is 0.335 e. The van der Waals surface area contributed by atoms with Crippen LogP contribution in [-0.2, 0) is 0 Å². The summed E-state index contributed by atoms with van der Waals surface area (Å²) in [4.78, 5) is 38.0. The van der Waals surface area contributed by atoms with Gasteiger partial charge >= 0.3 is 5.97 Å². The number of nitrogens with zero attached hydrogens (tertiary/aromatic N) is 2. The first-order valence-electron chi connectivity index (χ1n) is 15.9. The van der Waals surface area contributed by atoms with Crippen molar-refractivity contribution in [3.63, 3.8) is 0 Å². The van der Waals surface area contributed by atoms with E-state index in [2.05, 4.69) is 25.3 Å². The number of fused-ring (bicyclic) bond motifs is 6. The van der Waals surface area contributed by atoms with Gasteiger partial charge in [-0.25, -0.2) is 4.79 Å². The predicted molar refractivity (Wildman–Crippen MR) is 196 cm³/mol. The number of amides is 1. The molecule has 4 aromatic heterocycles. The Hall–Kier alpha value is -6.32. The molecule has 244 valence electrons. The fourth-order valence-corrected chi connectivity index (χ4v) is 5.65. The third kappa shape index (κ3) is 7.48. The Kier molecular flexibility index (Phi) is 9.73. The van der Waals surface area contributed by atoms with Crippen LogP contribution in [0.3, 0.4) is 0 Å². The summed E-state index contributed by atoms with van der Waals surface area (Å²) < 4.78 is 0. The van der Waals surface area contributed by atoms with E-state index in [1.807, 2.05) is 111 Å². The standard InChI is InChI=1S/C20H17N3O.C12H8N2O2.C8H11N/c1-13(14-5-3-2-4-6-14)22-20(24)15-7-8-16-17-9-10-21-12-19(17)23-18(16)11-15;15-12(16)7-1-2-8-9-3-4-13-6-11(9)14-10(8)5-7;1-7(9)8-5-3-2-4-6-8/h2-13,23H,1H3,(H,22,24);1-6,14H,(H,15,16);2-7H,9H2,1H3/t13-;;7-/m1.1/s1. The maximum absolute atomic E-state index is 12.5. The number of nitrogens with two attached hydrogens (primary N) is 1. The Bertz CT molecular complexity index is 2360. The molecule has 0 bridgehead atoms. The number of pyridine rings is 2. The molecule has 0 aliphatic rings. The second-order valence-corrected chi connectivity index (χ2v) is 11.7. The van der Waals surface area contributed by atoms with Crippen molar-refractivity contribution in [3.05, 3.63) is 156 Å². The van der Waals surface area contributed by atoms with Gasteiger partial charge in [0.05, 0.1) is 35.0 Å². The van der Waals surface area contributed by atoms with E-state index >= 15 is 0 Å². The Morgan fingerprint density at radius 2 is 1.10 bits per heavy atom. The summed E-state index contributed by atoms with van der Waals surface area (Å²) >= 11 is 0. The van der Waals surface area contributed by atoms with Crippen LogP contribution in [0.5, 0.6) is 0 Å². The summed E-state index contributed by atoms with van der Waals surface area (Å²) in [5, 5.41) is 16.2. The minimum Gasteiger partial charge on any atom is -0.478 e. The maximum atomic E-state index is 12.5. The zero-order valence-corrected chi connectivity index (χ0v) is 27.1. The first-order chi connectivity index (χ1) is 23.8. The maximum Gasteiger partial charge on any atom is 0.335 e. The minimum absolute atomic E-state index is 0.0405. The number of carbonyl (C=O) groups is 2. The molecule has 0 saturated carbocycles. The molecule has 9 nitrogen and oxygen atoms in total. The molecule has 2 atom stereocenters. The van der Waals surface area contributed by atoms with E-state index in [1.54, 1.807) is 36.9 Å². The quantitative estimate of drug-likeness (QED) is 0.127. The van der Waals surface area contributed by atoms with Crippen LogP contribution in [0.4, 0.5) is 0 Å². The molecule has 0 aliphatic carbocycles. The molecule has 8 aromatic rings. The number of carboxylic acid groups (broad SMARTS) is 1. The number of carbonyl (C=O) groups excluding carboxylic acids is 1. The highest BCUT2D eigenvalue weighted by Crippen LogP contribution is 2.26. The third-order valence-corrected chi connectivity index (χ3v) is 8.28. The molecule has 0 fully saturated rings. The molecule has 0 spiro atoms. The zero-order chi connectivity index (χ0) is 34.3. The Morgan fingerprint density at radius 3 is 1.59 bits per heavy atom. The SMILES string of the molecule is C[C@@H](N)c1ccccc1.C[C@@H](NC(=O)c1ccc2c(c1)[nH]c1cnccc12)c1ccccc1.O=C(O)c1ccc2c(c1)[nH]c1cnccc12. The Morgan fingerprint density at radius 1 is 0.633 bits per heavy atom. The van der Waals surface area contributed by atoms with Crippen molar-refractivity contribution in [2.75, 3.05) is 0 Å². The monoisotopic (exact) mass is 648 g/mol. The van der Waals surface area contributed by atoms with E-state index in [-0.39, 0.29) is 23.6 Å². The zero-order valence-electron chi connectivity index (χ0n) is 27.1. The average Bonchev–Trinajstić information content (AvgIpc) is 3.70. The number of H-pyrrole nitrogens is 2. The Labute approximate surface area is 282 Å². The highest BCUT2D eigenvalue weighted by molar-refractivity contribution is 6.10. The molecule has 0 aliphatic heterocycles. The lowest BCUT2D eigenvalue weighted by Gasteiger charge is -2.14. The Balaban J connectivity index is 0.000000143. The topological polar surface area (TPSA) is 150 Å². The first-order valence-corrected chi connectivity index (χ1v) is 15.9. The lowest BCUT2D eigenvalue weighted by Crippen LogP contribution is -2.26. The molecule has 0 unspecified atom stereocenters. The summed E-state index contributed by atoms with van der Waals surface area (Å²) in [6.45, 7) is 3.97. The first kappa shape index (κ1) is 32.6. The lowest BCUT2D eigenvalue weighted by molar-refractivity contribution is 0.0696. The van der Waals surface area contributed by atoms with E-state index < -0.39 is 5.97 Å². The second-order valence-electron chi connectivity index (χ2n) is 11.7. The van der Waals surface area contributed by atoms with Gasteiger partial charge in [0.25, 0.3) is 5.91 Å². The van der Waals surface area contributed by atoms with Crippen LogP contribution < -0.4 is 11.1 Å². The van der Waals surface area contributed by atoms with E-state index in [4.69, 9.17) is 10.8 Å². The van der Waals surface area contributed by atoms with E-state index in [0.29, 0.717) is 5.56 Å². The van der Waals surface area contributed by atoms with Crippen LogP contribution in [-0.4, -0.2) is 36.9 Å². The van der Waals surface area contributed by atoms with Crippen LogP contribution in [0.25, 0.3) is 43.6 Å². The number of hydrogen-bond donors (Lipinski definition) is 5. The number of rotatable bonds is 5. The number of carboxylic acids is 1. The predicted octanol–water partition coefficient (Wildman–Crippen LogP) is 8.33. The van der Waals surface area contributed by atoms with Gasteiger partial charge in [0, 0.05) is 56.6 Å². The number of hydrogen-bond acceptors (Lipinski definition) is 5. The van der Waals surface area contributed by atoms with Crippen LogP contribution in [0.15, 0.2) is 134 Å². The van der Waals surface area contributed by atoms with Crippen LogP contribution in [0, 0.1) is 0 Å². The fraction of sp³-hybridized carbons (Fsp3) is 0.100. The number of nitrogens with one attached hydrogen (secondary N) is 3. The molecule has 0 radical (unpaired) electrons. The molecule has 8 rings (SSSR count). The van der Waals surface area contributed by atoms with Gasteiger partial charge in [0.1, 0.15) is 0 Å². The van der Waals surface area contributed by atoms with Crippen molar-refractivity contribution in [1.29, 1.82) is 0 Å². The molecule has 6 N–H and O–H groups in total. The van der Waals surface area contributed by atoms with Gasteiger partial charge in [-0.3, -0.25) is 14.8 Å². The van der Waals surface area contributed by atoms with Crippen molar-refractivity contribution in [2.24, 2.45) is 5.73 Å². The summed E-state index contributed by atoms with van der Waals surface area (Å²) in [7, 11) is 0. The van der Waals surface area contributed by atoms with E-state index in [9.17, 15) is 9.59 Å².